The molecule has 5 rings (SSSR count). The Bertz CT molecular complexity index is 1960. The van der Waals surface area contributed by atoms with Gasteiger partial charge in [0.25, 0.3) is 11.8 Å². The smallest absolute Gasteiger partial charge is 0.255 e. The molecule has 0 saturated carbocycles. The zero-order valence-electron chi connectivity index (χ0n) is 23.3. The number of sulfone groups is 2. The molecule has 0 fully saturated rings. The highest BCUT2D eigenvalue weighted by molar-refractivity contribution is 7.91. The Morgan fingerprint density at radius 2 is 0.778 bits per heavy atom. The van der Waals surface area contributed by atoms with Crippen molar-refractivity contribution in [2.45, 2.75) is 19.6 Å². The van der Waals surface area contributed by atoms with Crippen molar-refractivity contribution in [3.63, 3.8) is 0 Å². The van der Waals surface area contributed by atoms with Gasteiger partial charge in [-0.25, -0.2) is 16.8 Å². The van der Waals surface area contributed by atoms with E-state index in [-0.39, 0.29) is 47.8 Å². The lowest BCUT2D eigenvalue weighted by atomic mass is 10.1. The van der Waals surface area contributed by atoms with E-state index in [2.05, 4.69) is 10.6 Å². The summed E-state index contributed by atoms with van der Waals surface area (Å²) in [5.41, 5.74) is 12.6. The van der Waals surface area contributed by atoms with Crippen molar-refractivity contribution in [2.75, 3.05) is 22.1 Å². The first kappa shape index (κ1) is 30.8. The first-order valence-corrected chi connectivity index (χ1v) is 16.2. The van der Waals surface area contributed by atoms with Crippen LogP contribution in [-0.4, -0.2) is 33.8 Å². The molecule has 0 heterocycles. The summed E-state index contributed by atoms with van der Waals surface area (Å²) >= 11 is 0. The average molecular weight is 643 g/mol. The number of rotatable bonds is 8. The first-order chi connectivity index (χ1) is 21.3. The number of hydrogen-bond acceptors (Lipinski definition) is 9. The minimum atomic E-state index is -3.80. The monoisotopic (exact) mass is 642 g/mol. The SMILES string of the molecule is Nc1ccc(S(=O)(=O)c2ccc(NC(=O)c3cc(O)cc(C(=O)Nc4ccc(S(=O)(=O)c5ccc(N)cc5)cc4)c3)cc2)cc1. The molecule has 0 aliphatic rings. The fourth-order valence-electron chi connectivity index (χ4n) is 4.28. The molecule has 228 valence electrons. The lowest BCUT2D eigenvalue weighted by molar-refractivity contribution is 0.102. The van der Waals surface area contributed by atoms with Gasteiger partial charge in [0.1, 0.15) is 5.75 Å². The number of carbonyl (C=O) groups is 2. The van der Waals surface area contributed by atoms with Gasteiger partial charge in [0.05, 0.1) is 19.6 Å². The molecule has 0 aromatic heterocycles. The minimum Gasteiger partial charge on any atom is -0.508 e. The van der Waals surface area contributed by atoms with Crippen molar-refractivity contribution in [1.29, 1.82) is 0 Å². The van der Waals surface area contributed by atoms with Crippen LogP contribution in [0.2, 0.25) is 0 Å². The van der Waals surface area contributed by atoms with E-state index < -0.39 is 31.5 Å². The zero-order chi connectivity index (χ0) is 32.4. The molecule has 7 N–H and O–H groups in total. The summed E-state index contributed by atoms with van der Waals surface area (Å²) in [5.74, 6) is -1.67. The number of amides is 2. The fourth-order valence-corrected chi connectivity index (χ4v) is 6.80. The summed E-state index contributed by atoms with van der Waals surface area (Å²) in [6, 6.07) is 26.2. The number of nitrogens with one attached hydrogen (secondary N) is 2. The molecule has 0 saturated heterocycles. The van der Waals surface area contributed by atoms with Crippen molar-refractivity contribution in [1.82, 2.24) is 0 Å². The van der Waals surface area contributed by atoms with Crippen molar-refractivity contribution < 1.29 is 31.5 Å². The number of phenolic OH excluding ortho intramolecular Hbond substituents is 1. The number of anilines is 4. The molecule has 2 amide bonds. The second-order valence-corrected chi connectivity index (χ2v) is 13.8. The quantitative estimate of drug-likeness (QED) is 0.149. The summed E-state index contributed by atoms with van der Waals surface area (Å²) in [4.78, 5) is 26.1. The van der Waals surface area contributed by atoms with Crippen LogP contribution in [0, 0.1) is 0 Å². The van der Waals surface area contributed by atoms with Gasteiger partial charge in [-0.15, -0.1) is 0 Å². The number of hydrogen-bond donors (Lipinski definition) is 5. The molecule has 0 bridgehead atoms. The van der Waals surface area contributed by atoms with Crippen LogP contribution >= 0.6 is 0 Å². The molecule has 0 spiro atoms. The second-order valence-electron chi connectivity index (χ2n) is 9.87. The van der Waals surface area contributed by atoms with E-state index in [9.17, 15) is 31.5 Å². The van der Waals surface area contributed by atoms with Crippen LogP contribution in [0.25, 0.3) is 0 Å². The van der Waals surface area contributed by atoms with E-state index in [0.29, 0.717) is 11.4 Å². The van der Waals surface area contributed by atoms with E-state index in [1.807, 2.05) is 0 Å². The van der Waals surface area contributed by atoms with Crippen molar-refractivity contribution in [3.05, 3.63) is 126 Å². The first-order valence-electron chi connectivity index (χ1n) is 13.2. The molecule has 13 heteroatoms. The Balaban J connectivity index is 1.27. The highest BCUT2D eigenvalue weighted by Gasteiger charge is 2.20. The third kappa shape index (κ3) is 6.79. The van der Waals surface area contributed by atoms with Crippen LogP contribution in [0.3, 0.4) is 0 Å². The summed E-state index contributed by atoms with van der Waals surface area (Å²) in [7, 11) is -7.61. The van der Waals surface area contributed by atoms with Gasteiger partial charge < -0.3 is 27.2 Å². The third-order valence-corrected chi connectivity index (χ3v) is 10.2. The van der Waals surface area contributed by atoms with Gasteiger partial charge in [-0.2, -0.15) is 0 Å². The van der Waals surface area contributed by atoms with Crippen LogP contribution in [0.4, 0.5) is 22.7 Å². The maximum absolute atomic E-state index is 13.0. The zero-order valence-corrected chi connectivity index (χ0v) is 25.0. The molecule has 5 aromatic rings. The average Bonchev–Trinajstić information content (AvgIpc) is 3.01. The fraction of sp³-hybridized carbons (Fsp3) is 0. The van der Waals surface area contributed by atoms with Gasteiger partial charge in [-0.1, -0.05) is 0 Å². The molecule has 0 atom stereocenters. The Morgan fingerprint density at radius 3 is 1.09 bits per heavy atom. The summed E-state index contributed by atoms with van der Waals surface area (Å²) in [5, 5.41) is 15.4. The number of benzene rings is 5. The minimum absolute atomic E-state index is 0.0115. The van der Waals surface area contributed by atoms with E-state index >= 15 is 0 Å². The molecule has 11 nitrogen and oxygen atoms in total. The molecule has 45 heavy (non-hydrogen) atoms. The Morgan fingerprint density at radius 1 is 0.489 bits per heavy atom. The molecule has 0 aliphatic carbocycles. The van der Waals surface area contributed by atoms with E-state index in [1.165, 1.54) is 115 Å². The standard InChI is InChI=1S/C32H26N4O7S2/c33-22-1-9-27(10-2-22)44(40,41)29-13-5-24(6-14-29)35-31(38)20-17-21(19-26(37)18-20)32(39)36-25-7-15-30(16-8-25)45(42,43)28-11-3-23(34)4-12-28/h1-19,37H,33-34H2,(H,35,38)(H,36,39). The van der Waals surface area contributed by atoms with Crippen LogP contribution in [0.5, 0.6) is 5.75 Å². The summed E-state index contributed by atoms with van der Waals surface area (Å²) in [6.07, 6.45) is 0. The number of nitrogen functional groups attached to an aromatic ring is 2. The maximum Gasteiger partial charge on any atom is 0.255 e. The van der Waals surface area contributed by atoms with E-state index in [0.717, 1.165) is 0 Å². The molecule has 0 radical (unpaired) electrons. The highest BCUT2D eigenvalue weighted by Crippen LogP contribution is 2.26. The lowest BCUT2D eigenvalue weighted by Gasteiger charge is -2.11. The van der Waals surface area contributed by atoms with Gasteiger partial charge in [0.15, 0.2) is 0 Å². The van der Waals surface area contributed by atoms with Gasteiger partial charge >= 0.3 is 0 Å². The molecular formula is C32H26N4O7S2. The molecular weight excluding hydrogens is 617 g/mol. The van der Waals surface area contributed by atoms with Gasteiger partial charge in [0.2, 0.25) is 19.7 Å². The van der Waals surface area contributed by atoms with E-state index in [4.69, 9.17) is 11.5 Å². The Kier molecular flexibility index (Phi) is 8.31. The molecule has 5 aromatic carbocycles. The number of phenols is 1. The van der Waals surface area contributed by atoms with Crippen LogP contribution in [0.1, 0.15) is 20.7 Å². The highest BCUT2D eigenvalue weighted by atomic mass is 32.2. The number of nitrogens with two attached hydrogens (primary N) is 2. The van der Waals surface area contributed by atoms with Crippen LogP contribution in [0.15, 0.2) is 135 Å². The molecule has 0 unspecified atom stereocenters. The van der Waals surface area contributed by atoms with Crippen molar-refractivity contribution in [2.24, 2.45) is 0 Å². The third-order valence-electron chi connectivity index (χ3n) is 6.67. The van der Waals surface area contributed by atoms with Crippen molar-refractivity contribution in [3.8, 4) is 5.75 Å². The summed E-state index contributed by atoms with van der Waals surface area (Å²) in [6.45, 7) is 0. The normalized spacial score (nSPS) is 11.5. The number of aromatic hydroxyl groups is 1. The predicted octanol–water partition coefficient (Wildman–Crippen LogP) is 4.73. The van der Waals surface area contributed by atoms with E-state index in [1.54, 1.807) is 0 Å². The van der Waals surface area contributed by atoms with Crippen LogP contribution in [-0.2, 0) is 19.7 Å². The Hall–Kier alpha value is -5.66. The molecule has 0 aliphatic heterocycles. The Labute approximate surface area is 259 Å². The summed E-state index contributed by atoms with van der Waals surface area (Å²) < 4.78 is 51.5. The topological polar surface area (TPSA) is 199 Å². The van der Waals surface area contributed by atoms with Crippen molar-refractivity contribution >= 4 is 54.2 Å². The maximum atomic E-state index is 13.0. The van der Waals surface area contributed by atoms with Gasteiger partial charge in [-0.05, 0) is 115 Å². The predicted molar refractivity (Wildman–Crippen MR) is 170 cm³/mol. The van der Waals surface area contributed by atoms with Crippen LogP contribution < -0.4 is 22.1 Å². The number of carbonyl (C=O) groups excluding carboxylic acids is 2. The lowest BCUT2D eigenvalue weighted by Crippen LogP contribution is -2.16. The van der Waals surface area contributed by atoms with Gasteiger partial charge in [-0.3, -0.25) is 9.59 Å². The van der Waals surface area contributed by atoms with Gasteiger partial charge in [0, 0.05) is 33.9 Å². The largest absolute Gasteiger partial charge is 0.508 e. The second kappa shape index (κ2) is 12.1.